The Bertz CT molecular complexity index is 759. The second-order valence-corrected chi connectivity index (χ2v) is 5.81. The molecule has 0 saturated heterocycles. The van der Waals surface area contributed by atoms with E-state index in [1.54, 1.807) is 0 Å². The fraction of sp³-hybridized carbons (Fsp3) is 0.278. The molecule has 0 bridgehead atoms. The van der Waals surface area contributed by atoms with E-state index in [1.807, 2.05) is 30.3 Å². The number of rotatable bonds is 4. The summed E-state index contributed by atoms with van der Waals surface area (Å²) in [6.07, 6.45) is 0. The summed E-state index contributed by atoms with van der Waals surface area (Å²) in [6.45, 7) is 7.08. The molecule has 0 radical (unpaired) electrons. The van der Waals surface area contributed by atoms with E-state index < -0.39 is 0 Å². The molecule has 0 fully saturated rings. The van der Waals surface area contributed by atoms with Crippen molar-refractivity contribution >= 4 is 11.0 Å². The maximum atomic E-state index is 5.91. The molecule has 1 N–H and O–H groups in total. The highest BCUT2D eigenvalue weighted by Crippen LogP contribution is 2.29. The summed E-state index contributed by atoms with van der Waals surface area (Å²) >= 11 is 0. The fourth-order valence-corrected chi connectivity index (χ4v) is 2.30. The van der Waals surface area contributed by atoms with E-state index in [1.165, 1.54) is 5.56 Å². The second-order valence-electron chi connectivity index (χ2n) is 5.81. The molecule has 0 aliphatic carbocycles. The minimum absolute atomic E-state index is 0.497. The Morgan fingerprint density at radius 3 is 2.76 bits per heavy atom. The summed E-state index contributed by atoms with van der Waals surface area (Å²) in [6, 6.07) is 14.3. The number of H-pyrrole nitrogens is 1. The molecule has 2 aromatic carbocycles. The predicted octanol–water partition coefficient (Wildman–Crippen LogP) is 4.57. The lowest BCUT2D eigenvalue weighted by molar-refractivity contribution is 0.272. The number of fused-ring (bicyclic) bond motifs is 1. The van der Waals surface area contributed by atoms with Crippen molar-refractivity contribution in [2.45, 2.75) is 20.8 Å². The van der Waals surface area contributed by atoms with Crippen molar-refractivity contribution in [1.82, 2.24) is 9.97 Å². The van der Waals surface area contributed by atoms with Crippen LogP contribution in [-0.2, 0) is 0 Å². The van der Waals surface area contributed by atoms with Crippen LogP contribution in [0, 0.1) is 12.8 Å². The standard InChI is InChI=1S/C18H20N2O/c1-12(2)11-21-17-7-5-4-6-14(17)18-19-15-9-8-13(3)10-16(15)20-18/h4-10,12H,11H2,1-3H3,(H,19,20). The molecule has 108 valence electrons. The fourth-order valence-electron chi connectivity index (χ4n) is 2.30. The van der Waals surface area contributed by atoms with Crippen molar-refractivity contribution in [2.24, 2.45) is 5.92 Å². The molecule has 1 aromatic heterocycles. The van der Waals surface area contributed by atoms with Gasteiger partial charge in [0.15, 0.2) is 0 Å². The Morgan fingerprint density at radius 2 is 1.95 bits per heavy atom. The Labute approximate surface area is 125 Å². The van der Waals surface area contributed by atoms with E-state index in [0.717, 1.165) is 28.2 Å². The highest BCUT2D eigenvalue weighted by atomic mass is 16.5. The van der Waals surface area contributed by atoms with Gasteiger partial charge in [-0.2, -0.15) is 0 Å². The molecule has 3 heteroatoms. The van der Waals surface area contributed by atoms with Gasteiger partial charge < -0.3 is 9.72 Å². The summed E-state index contributed by atoms with van der Waals surface area (Å²) < 4.78 is 5.91. The van der Waals surface area contributed by atoms with E-state index in [9.17, 15) is 0 Å². The highest BCUT2D eigenvalue weighted by molar-refractivity contribution is 5.81. The van der Waals surface area contributed by atoms with E-state index >= 15 is 0 Å². The number of para-hydroxylation sites is 1. The molecule has 3 rings (SSSR count). The number of benzene rings is 2. The molecule has 0 amide bonds. The zero-order chi connectivity index (χ0) is 14.8. The summed E-state index contributed by atoms with van der Waals surface area (Å²) in [7, 11) is 0. The number of hydrogen-bond donors (Lipinski definition) is 1. The van der Waals surface area contributed by atoms with Crippen LogP contribution in [0.3, 0.4) is 0 Å². The van der Waals surface area contributed by atoms with E-state index in [0.29, 0.717) is 12.5 Å². The van der Waals surface area contributed by atoms with Crippen LogP contribution in [-0.4, -0.2) is 16.6 Å². The van der Waals surface area contributed by atoms with Crippen LogP contribution in [0.5, 0.6) is 5.75 Å². The van der Waals surface area contributed by atoms with Crippen molar-refractivity contribution in [2.75, 3.05) is 6.61 Å². The van der Waals surface area contributed by atoms with E-state index in [-0.39, 0.29) is 0 Å². The molecule has 0 atom stereocenters. The predicted molar refractivity (Wildman–Crippen MR) is 86.6 cm³/mol. The lowest BCUT2D eigenvalue weighted by Crippen LogP contribution is -2.05. The second kappa shape index (κ2) is 5.60. The summed E-state index contributed by atoms with van der Waals surface area (Å²) in [4.78, 5) is 8.07. The summed E-state index contributed by atoms with van der Waals surface area (Å²) in [5.41, 5.74) is 4.27. The zero-order valence-electron chi connectivity index (χ0n) is 12.7. The first kappa shape index (κ1) is 13.7. The number of nitrogens with one attached hydrogen (secondary N) is 1. The van der Waals surface area contributed by atoms with Gasteiger partial charge in [0.05, 0.1) is 23.2 Å². The molecule has 0 spiro atoms. The van der Waals surface area contributed by atoms with Gasteiger partial charge in [0.2, 0.25) is 0 Å². The Morgan fingerprint density at radius 1 is 1.14 bits per heavy atom. The van der Waals surface area contributed by atoms with Gasteiger partial charge in [-0.05, 0) is 42.7 Å². The van der Waals surface area contributed by atoms with Crippen molar-refractivity contribution in [3.63, 3.8) is 0 Å². The third-order valence-electron chi connectivity index (χ3n) is 3.35. The molecular weight excluding hydrogens is 260 g/mol. The number of aromatic amines is 1. The molecule has 0 unspecified atom stereocenters. The summed E-state index contributed by atoms with van der Waals surface area (Å²) in [5, 5.41) is 0. The number of nitrogens with zero attached hydrogens (tertiary/aromatic N) is 1. The van der Waals surface area contributed by atoms with Gasteiger partial charge in [0, 0.05) is 0 Å². The third-order valence-corrected chi connectivity index (χ3v) is 3.35. The van der Waals surface area contributed by atoms with E-state index in [4.69, 9.17) is 4.74 Å². The van der Waals surface area contributed by atoms with Crippen LogP contribution in [0.4, 0.5) is 0 Å². The van der Waals surface area contributed by atoms with Crippen molar-refractivity contribution in [1.29, 1.82) is 0 Å². The monoisotopic (exact) mass is 280 g/mol. The van der Waals surface area contributed by atoms with Crippen molar-refractivity contribution < 1.29 is 4.74 Å². The minimum Gasteiger partial charge on any atom is -0.493 e. The topological polar surface area (TPSA) is 37.9 Å². The zero-order valence-corrected chi connectivity index (χ0v) is 12.7. The quantitative estimate of drug-likeness (QED) is 0.760. The van der Waals surface area contributed by atoms with Crippen LogP contribution < -0.4 is 4.74 Å². The van der Waals surface area contributed by atoms with Gasteiger partial charge in [-0.3, -0.25) is 0 Å². The maximum Gasteiger partial charge on any atom is 0.142 e. The lowest BCUT2D eigenvalue weighted by Gasteiger charge is -2.11. The number of aryl methyl sites for hydroxylation is 1. The summed E-state index contributed by atoms with van der Waals surface area (Å²) in [5.74, 6) is 2.23. The first-order valence-electron chi connectivity index (χ1n) is 7.32. The first-order valence-corrected chi connectivity index (χ1v) is 7.32. The van der Waals surface area contributed by atoms with Gasteiger partial charge in [-0.1, -0.05) is 32.0 Å². The minimum atomic E-state index is 0.497. The van der Waals surface area contributed by atoms with Crippen LogP contribution in [0.1, 0.15) is 19.4 Å². The van der Waals surface area contributed by atoms with Gasteiger partial charge in [0.1, 0.15) is 11.6 Å². The number of hydrogen-bond acceptors (Lipinski definition) is 2. The van der Waals surface area contributed by atoms with Gasteiger partial charge in [-0.15, -0.1) is 0 Å². The third kappa shape index (κ3) is 2.92. The molecule has 0 aliphatic heterocycles. The molecular formula is C18H20N2O. The van der Waals surface area contributed by atoms with Crippen LogP contribution in [0.15, 0.2) is 42.5 Å². The van der Waals surface area contributed by atoms with Crippen LogP contribution in [0.2, 0.25) is 0 Å². The van der Waals surface area contributed by atoms with Crippen LogP contribution in [0.25, 0.3) is 22.4 Å². The normalized spacial score (nSPS) is 11.2. The Balaban J connectivity index is 2.01. The van der Waals surface area contributed by atoms with E-state index in [2.05, 4.69) is 42.9 Å². The number of imidazole rings is 1. The Kier molecular flexibility index (Phi) is 3.65. The SMILES string of the molecule is Cc1ccc2nc(-c3ccccc3OCC(C)C)[nH]c2c1. The maximum absolute atomic E-state index is 5.91. The number of aromatic nitrogens is 2. The Hall–Kier alpha value is -2.29. The molecule has 0 aliphatic rings. The first-order chi connectivity index (χ1) is 10.1. The van der Waals surface area contributed by atoms with Gasteiger partial charge in [0.25, 0.3) is 0 Å². The average molecular weight is 280 g/mol. The largest absolute Gasteiger partial charge is 0.493 e. The molecule has 1 heterocycles. The van der Waals surface area contributed by atoms with Crippen molar-refractivity contribution in [3.8, 4) is 17.1 Å². The van der Waals surface area contributed by atoms with Crippen LogP contribution >= 0.6 is 0 Å². The molecule has 21 heavy (non-hydrogen) atoms. The number of ether oxygens (including phenoxy) is 1. The van der Waals surface area contributed by atoms with Gasteiger partial charge >= 0.3 is 0 Å². The molecule has 3 nitrogen and oxygen atoms in total. The van der Waals surface area contributed by atoms with Crippen molar-refractivity contribution in [3.05, 3.63) is 48.0 Å². The smallest absolute Gasteiger partial charge is 0.142 e. The lowest BCUT2D eigenvalue weighted by atomic mass is 10.2. The highest BCUT2D eigenvalue weighted by Gasteiger charge is 2.11. The molecule has 0 saturated carbocycles. The van der Waals surface area contributed by atoms with Gasteiger partial charge in [-0.25, -0.2) is 4.98 Å². The molecule has 3 aromatic rings. The average Bonchev–Trinajstić information content (AvgIpc) is 2.88.